The number of carbonyl (C=O) groups excluding carboxylic acids is 2. The molecule has 356 valence electrons. The number of Topliss-reactive ketones (excluding diaryl/α,β-unsaturated/α-hetero) is 1. The van der Waals surface area contributed by atoms with Crippen LogP contribution < -0.4 is 26.4 Å². The molecule has 0 spiro atoms. The van der Waals surface area contributed by atoms with Crippen molar-refractivity contribution in [2.75, 3.05) is 13.7 Å². The number of rotatable bonds is 21. The van der Waals surface area contributed by atoms with E-state index in [0.29, 0.717) is 47.3 Å². The first-order valence-corrected chi connectivity index (χ1v) is 24.6. The monoisotopic (exact) mass is 912 g/mol. The van der Waals surface area contributed by atoms with Crippen LogP contribution in [0.2, 0.25) is 0 Å². The van der Waals surface area contributed by atoms with Gasteiger partial charge in [0.15, 0.2) is 12.1 Å². The number of nitrogens with zero attached hydrogens (tertiary/aromatic N) is 4. The zero-order chi connectivity index (χ0) is 47.3. The van der Waals surface area contributed by atoms with Crippen LogP contribution in [0, 0.1) is 55.3 Å². The summed E-state index contributed by atoms with van der Waals surface area (Å²) in [6.07, 6.45) is 21.6. The van der Waals surface area contributed by atoms with Crippen molar-refractivity contribution in [3.8, 4) is 0 Å². The van der Waals surface area contributed by atoms with Gasteiger partial charge in [-0.2, -0.15) is 11.4 Å². The first-order chi connectivity index (χ1) is 30.9. The number of fused-ring (bicyclic) bond motifs is 7. The molecule has 0 radical (unpaired) electrons. The summed E-state index contributed by atoms with van der Waals surface area (Å²) in [6, 6.07) is 0. The van der Waals surface area contributed by atoms with Gasteiger partial charge in [-0.1, -0.05) is 158 Å². The molecule has 3 N–H and O–H groups in total. The number of hydrogen-bond acceptors (Lipinski definition) is 6. The molecule has 2 aromatic heterocycles. The van der Waals surface area contributed by atoms with Gasteiger partial charge in [0.1, 0.15) is 5.92 Å². The molecule has 3 aliphatic heterocycles. The Morgan fingerprint density at radius 2 is 1.61 bits per heavy atom. The van der Waals surface area contributed by atoms with Crippen molar-refractivity contribution in [1.82, 2.24) is 9.97 Å². The first-order valence-electron chi connectivity index (χ1n) is 24.6. The number of aliphatic hydroxyl groups is 1. The fourth-order valence-corrected chi connectivity index (χ4v) is 10.5. The number of aromatic nitrogens is 2. The Kier molecular flexibility index (Phi) is 18.7. The van der Waals surface area contributed by atoms with Gasteiger partial charge in [-0.3, -0.25) is 9.59 Å². The number of nitrogens with two attached hydrogens (primary N) is 1. The van der Waals surface area contributed by atoms with E-state index in [2.05, 4.69) is 68.0 Å². The topological polar surface area (TPSA) is 155 Å². The summed E-state index contributed by atoms with van der Waals surface area (Å²) in [5.41, 5.74) is 15.2. The smallest absolute Gasteiger partial charge is 0.664 e. The van der Waals surface area contributed by atoms with E-state index in [4.69, 9.17) is 35.8 Å². The number of methoxy groups -OCH3 is 1. The Labute approximate surface area is 411 Å². The second kappa shape index (κ2) is 23.1. The van der Waals surface area contributed by atoms with Gasteiger partial charge in [0, 0.05) is 0 Å². The van der Waals surface area contributed by atoms with Crippen molar-refractivity contribution in [3.05, 3.63) is 101 Å². The van der Waals surface area contributed by atoms with E-state index in [0.717, 1.165) is 81.7 Å². The average molecular weight is 913 g/mol. The largest absolute Gasteiger partial charge is 2.00 e. The first kappa shape index (κ1) is 53.3. The van der Waals surface area contributed by atoms with E-state index in [1.807, 2.05) is 38.2 Å². The molecule has 0 amide bonds. The Bertz CT molecular complexity index is 2350. The average Bonchev–Trinajstić information content (AvgIpc) is 3.98. The van der Waals surface area contributed by atoms with Crippen molar-refractivity contribution in [2.24, 2.45) is 47.2 Å². The number of hydrogen-bond donors (Lipinski definition) is 2. The minimum atomic E-state index is -1.31. The van der Waals surface area contributed by atoms with E-state index < -0.39 is 29.8 Å². The van der Waals surface area contributed by atoms with E-state index in [-0.39, 0.29) is 40.7 Å². The molecule has 1 aliphatic carbocycles. The van der Waals surface area contributed by atoms with Gasteiger partial charge in [-0.25, -0.2) is 0 Å². The molecular formula is C55H77MgN5O5-2. The Hall–Kier alpha value is -3.61. The second-order valence-electron chi connectivity index (χ2n) is 20.2. The normalized spacial score (nSPS) is 26.7. The maximum atomic E-state index is 14.5. The van der Waals surface area contributed by atoms with Crippen molar-refractivity contribution in [2.45, 2.75) is 158 Å². The zero-order valence-corrected chi connectivity index (χ0v) is 43.5. The SMILES string of the molecule is C=Cc1c2[n-]c(c1C)/C=C1\[N-]/C(=C3\C4=C(C(=O)[C@@H]3C(=O)OC)[C@@H](C)[C@](N)(/C=c3\[n-]/c(c(C)c3CC)=C\2)[N-]4)[C@@H](CCC(O)OC/C=C(\C)CCC[C@H](C)CCC[C@H](C)CCCC(C)C)[C@@H]1C.[Mg+2]. The van der Waals surface area contributed by atoms with Crippen molar-refractivity contribution < 1.29 is 24.2 Å². The van der Waals surface area contributed by atoms with Crippen LogP contribution in [0.15, 0.2) is 46.5 Å². The molecular weight excluding hydrogens is 835 g/mol. The molecule has 11 heteroatoms. The number of carbonyl (C=O) groups is 2. The number of ether oxygens (including phenoxy) is 2. The number of aliphatic hydroxyl groups excluding tert-OH is 1. The maximum Gasteiger partial charge on any atom is 2.00 e. The summed E-state index contributed by atoms with van der Waals surface area (Å²) in [4.78, 5) is 38.3. The van der Waals surface area contributed by atoms with Gasteiger partial charge in [0.2, 0.25) is 0 Å². The Morgan fingerprint density at radius 1 is 0.939 bits per heavy atom. The number of allylic oxidation sites excluding steroid dienone is 4. The van der Waals surface area contributed by atoms with Crippen LogP contribution in [0.3, 0.4) is 0 Å². The standard InChI is InChI=1S/C55H78N5O5.Mg/c1-13-39-35(8)42-28-44-37(10)41(24-25-47(61)65-27-26-34(7)23-17-22-33(6)21-16-20-32(5)19-15-18-31(3)4)51(59-44)49-50(54(63)64-12)53(62)48-38(11)55(56,60-52(48)49)30-46-40(14-2)36(9)43(58-46)29-45(39)57-42;/h13,26,28-33,37-38,41,47,50,61H,1,14-25,27,56H2,2-12H3,(H-,59,60,62);/q-3;+2/p-1/b34-26+,43-29-,44-28-,46-30-;/t32-,33-,37+,38-,41+,47?,50-,55+;/m1./s1. The molecule has 8 bridgehead atoms. The van der Waals surface area contributed by atoms with E-state index in [1.54, 1.807) is 0 Å². The van der Waals surface area contributed by atoms with Crippen LogP contribution in [0.5, 0.6) is 0 Å². The van der Waals surface area contributed by atoms with Crippen LogP contribution in [0.25, 0.3) is 34.9 Å². The van der Waals surface area contributed by atoms with Crippen molar-refractivity contribution in [1.29, 1.82) is 0 Å². The summed E-state index contributed by atoms with van der Waals surface area (Å²) in [5.74, 6) is -0.941. The minimum absolute atomic E-state index is 0. The molecule has 10 nitrogen and oxygen atoms in total. The molecule has 4 aliphatic rings. The third-order valence-electron chi connectivity index (χ3n) is 14.9. The van der Waals surface area contributed by atoms with E-state index >= 15 is 0 Å². The maximum absolute atomic E-state index is 14.5. The fourth-order valence-electron chi connectivity index (χ4n) is 10.5. The summed E-state index contributed by atoms with van der Waals surface area (Å²) in [6.45, 7) is 26.2. The molecule has 2 aromatic rings. The summed E-state index contributed by atoms with van der Waals surface area (Å²) >= 11 is 0. The molecule has 66 heavy (non-hydrogen) atoms. The fraction of sp³-hybridized carbons (Fsp3) is 0.600. The molecule has 8 atom stereocenters. The van der Waals surface area contributed by atoms with Gasteiger partial charge in [0.05, 0.1) is 13.7 Å². The van der Waals surface area contributed by atoms with Gasteiger partial charge in [0.25, 0.3) is 0 Å². The van der Waals surface area contributed by atoms with Gasteiger partial charge in [-0.05, 0) is 105 Å². The van der Waals surface area contributed by atoms with Crippen LogP contribution in [0.1, 0.15) is 160 Å². The van der Waals surface area contributed by atoms with Gasteiger partial charge >= 0.3 is 29.0 Å². The van der Waals surface area contributed by atoms with Gasteiger partial charge in [-0.15, -0.1) is 27.8 Å². The summed E-state index contributed by atoms with van der Waals surface area (Å²) < 4.78 is 11.3. The van der Waals surface area contributed by atoms with E-state index in [9.17, 15) is 14.7 Å². The third-order valence-corrected chi connectivity index (χ3v) is 14.9. The van der Waals surface area contributed by atoms with Crippen molar-refractivity contribution in [3.63, 3.8) is 0 Å². The molecule has 1 saturated heterocycles. The third kappa shape index (κ3) is 11.6. The zero-order valence-electron chi connectivity index (χ0n) is 42.1. The predicted octanol–water partition coefficient (Wildman–Crippen LogP) is 9.70. The van der Waals surface area contributed by atoms with Crippen LogP contribution in [-0.4, -0.2) is 65.6 Å². The van der Waals surface area contributed by atoms with Crippen molar-refractivity contribution >= 4 is 59.1 Å². The predicted molar refractivity (Wildman–Crippen MR) is 269 cm³/mol. The van der Waals surface area contributed by atoms with E-state index in [1.165, 1.54) is 57.6 Å². The molecule has 1 fully saturated rings. The van der Waals surface area contributed by atoms with Gasteiger partial charge < -0.3 is 40.9 Å². The Morgan fingerprint density at radius 3 is 2.24 bits per heavy atom. The molecule has 0 aromatic carbocycles. The molecule has 0 saturated carbocycles. The van der Waals surface area contributed by atoms with Crippen LogP contribution in [0.4, 0.5) is 0 Å². The van der Waals surface area contributed by atoms with Crippen LogP contribution in [-0.2, 0) is 25.5 Å². The second-order valence-corrected chi connectivity index (χ2v) is 20.2. The van der Waals surface area contributed by atoms with Crippen LogP contribution >= 0.6 is 0 Å². The summed E-state index contributed by atoms with van der Waals surface area (Å²) in [5, 5.41) is 23.2. The summed E-state index contributed by atoms with van der Waals surface area (Å²) in [7, 11) is 1.30. The molecule has 1 unspecified atom stereocenters. The molecule has 5 heterocycles. The number of ketones is 1. The molecule has 6 rings (SSSR count). The minimum Gasteiger partial charge on any atom is -0.664 e. The Balaban J connectivity index is 0.00000817. The quantitative estimate of drug-likeness (QED) is 0.0413. The number of esters is 1.